The minimum atomic E-state index is -4.74. The van der Waals surface area contributed by atoms with Crippen LogP contribution in [0.5, 0.6) is 0 Å². The zero-order valence-corrected chi connectivity index (χ0v) is 17.3. The van der Waals surface area contributed by atoms with Gasteiger partial charge in [0.25, 0.3) is 0 Å². The van der Waals surface area contributed by atoms with Crippen molar-refractivity contribution in [2.75, 3.05) is 50.1 Å². The summed E-state index contributed by atoms with van der Waals surface area (Å²) in [7, 11) is -0.399. The Morgan fingerprint density at radius 1 is 1.10 bits per heavy atom. The number of sulfonamides is 1. The Morgan fingerprint density at radius 3 is 2.34 bits per heavy atom. The summed E-state index contributed by atoms with van der Waals surface area (Å²) in [5.74, 6) is 1.19. The average Bonchev–Trinajstić information content (AvgIpc) is 2.67. The van der Waals surface area contributed by atoms with Gasteiger partial charge in [-0.15, -0.1) is 0 Å². The number of rotatable bonds is 4. The van der Waals surface area contributed by atoms with E-state index in [0.29, 0.717) is 30.9 Å². The van der Waals surface area contributed by atoms with Crippen molar-refractivity contribution in [3.8, 4) is 0 Å². The zero-order valence-electron chi connectivity index (χ0n) is 15.7. The first-order valence-electron chi connectivity index (χ1n) is 8.62. The van der Waals surface area contributed by atoms with Gasteiger partial charge in [-0.05, 0) is 24.3 Å². The lowest BCUT2D eigenvalue weighted by Crippen LogP contribution is -2.49. The maximum atomic E-state index is 13.1. The highest BCUT2D eigenvalue weighted by Crippen LogP contribution is 2.36. The van der Waals surface area contributed by atoms with Crippen LogP contribution in [0.2, 0.25) is 5.02 Å². The molecular weight excluding hydrogens is 431 g/mol. The minimum Gasteiger partial charge on any atom is -0.363 e. The van der Waals surface area contributed by atoms with E-state index in [1.54, 1.807) is 12.3 Å². The van der Waals surface area contributed by atoms with Gasteiger partial charge in [-0.2, -0.15) is 22.5 Å². The van der Waals surface area contributed by atoms with E-state index in [0.717, 1.165) is 16.4 Å². The number of nitrogens with zero attached hydrogens (tertiary/aromatic N) is 5. The van der Waals surface area contributed by atoms with Gasteiger partial charge in [0.15, 0.2) is 0 Å². The zero-order chi connectivity index (χ0) is 21.4. The Morgan fingerprint density at radius 2 is 1.76 bits per heavy atom. The van der Waals surface area contributed by atoms with Crippen LogP contribution in [0.4, 0.5) is 24.9 Å². The molecule has 29 heavy (non-hydrogen) atoms. The molecule has 3 rings (SSSR count). The standard InChI is InChI=1S/C17H19ClF3N5O2S/c1-24(2)15-5-6-22-16(23-15)25-7-9-26(10-8-25)29(27,28)12-3-4-14(18)13(11-12)17(19,20)21/h3-6,11H,7-10H2,1-2H3. The summed E-state index contributed by atoms with van der Waals surface area (Å²) in [6.07, 6.45) is -3.12. The molecule has 1 aromatic heterocycles. The van der Waals surface area contributed by atoms with E-state index in [-0.39, 0.29) is 13.1 Å². The number of aromatic nitrogens is 2. The molecule has 0 saturated carbocycles. The lowest BCUT2D eigenvalue weighted by atomic mass is 10.2. The van der Waals surface area contributed by atoms with Gasteiger partial charge < -0.3 is 9.80 Å². The predicted octanol–water partition coefficient (Wildman–Crippen LogP) is 2.73. The first-order chi connectivity index (χ1) is 13.5. The fraction of sp³-hybridized carbons (Fsp3) is 0.412. The van der Waals surface area contributed by atoms with Crippen molar-refractivity contribution in [1.29, 1.82) is 0 Å². The van der Waals surface area contributed by atoms with Gasteiger partial charge in [0.2, 0.25) is 16.0 Å². The normalized spacial score (nSPS) is 16.1. The van der Waals surface area contributed by atoms with E-state index >= 15 is 0 Å². The smallest absolute Gasteiger partial charge is 0.363 e. The number of hydrogen-bond donors (Lipinski definition) is 0. The Bertz CT molecular complexity index is 993. The first kappa shape index (κ1) is 21.6. The van der Waals surface area contributed by atoms with Crippen molar-refractivity contribution in [3.63, 3.8) is 0 Å². The van der Waals surface area contributed by atoms with Gasteiger partial charge in [0.05, 0.1) is 15.5 Å². The molecule has 0 radical (unpaired) electrons. The van der Waals surface area contributed by atoms with Crippen LogP contribution in [0.3, 0.4) is 0 Å². The van der Waals surface area contributed by atoms with E-state index in [2.05, 4.69) is 9.97 Å². The second-order valence-electron chi connectivity index (χ2n) is 6.64. The molecule has 12 heteroatoms. The van der Waals surface area contributed by atoms with Crippen molar-refractivity contribution in [1.82, 2.24) is 14.3 Å². The molecule has 1 aliphatic heterocycles. The fourth-order valence-corrected chi connectivity index (χ4v) is 4.57. The molecule has 0 N–H and O–H groups in total. The maximum absolute atomic E-state index is 13.1. The summed E-state index contributed by atoms with van der Waals surface area (Å²) in [5.41, 5.74) is -1.17. The molecule has 2 heterocycles. The molecule has 0 bridgehead atoms. The van der Waals surface area contributed by atoms with E-state index < -0.39 is 31.7 Å². The first-order valence-corrected chi connectivity index (χ1v) is 10.4. The maximum Gasteiger partial charge on any atom is 0.417 e. The van der Waals surface area contributed by atoms with E-state index in [9.17, 15) is 21.6 Å². The molecular formula is C17H19ClF3N5O2S. The summed E-state index contributed by atoms with van der Waals surface area (Å²) >= 11 is 5.59. The fourth-order valence-electron chi connectivity index (χ4n) is 2.90. The van der Waals surface area contributed by atoms with Crippen molar-refractivity contribution in [2.45, 2.75) is 11.1 Å². The Balaban J connectivity index is 1.78. The highest BCUT2D eigenvalue weighted by atomic mass is 35.5. The van der Waals surface area contributed by atoms with Crippen LogP contribution < -0.4 is 9.80 Å². The summed E-state index contributed by atoms with van der Waals surface area (Å²) in [6.45, 7) is 0.829. The highest BCUT2D eigenvalue weighted by Gasteiger charge is 2.36. The third kappa shape index (κ3) is 4.57. The van der Waals surface area contributed by atoms with E-state index in [4.69, 9.17) is 11.6 Å². The molecule has 1 aliphatic rings. The van der Waals surface area contributed by atoms with Crippen LogP contribution in [0.25, 0.3) is 0 Å². The third-order valence-corrected chi connectivity index (χ3v) is 6.71. The van der Waals surface area contributed by atoms with Crippen molar-refractivity contribution >= 4 is 33.4 Å². The number of benzene rings is 1. The molecule has 7 nitrogen and oxygen atoms in total. The molecule has 158 valence electrons. The quantitative estimate of drug-likeness (QED) is 0.715. The lowest BCUT2D eigenvalue weighted by Gasteiger charge is -2.34. The van der Waals surface area contributed by atoms with Crippen LogP contribution in [0.1, 0.15) is 5.56 Å². The van der Waals surface area contributed by atoms with Gasteiger partial charge in [-0.3, -0.25) is 0 Å². The second kappa shape index (κ2) is 7.96. The predicted molar refractivity (Wildman–Crippen MR) is 104 cm³/mol. The topological polar surface area (TPSA) is 69.6 Å². The molecule has 0 amide bonds. The molecule has 0 atom stereocenters. The molecule has 0 unspecified atom stereocenters. The third-order valence-electron chi connectivity index (χ3n) is 4.49. The molecule has 0 spiro atoms. The Hall–Kier alpha value is -2.11. The minimum absolute atomic E-state index is 0.0991. The van der Waals surface area contributed by atoms with Crippen LogP contribution in [-0.2, 0) is 16.2 Å². The summed E-state index contributed by atoms with van der Waals surface area (Å²) in [4.78, 5) is 11.9. The number of alkyl halides is 3. The monoisotopic (exact) mass is 449 g/mol. The highest BCUT2D eigenvalue weighted by molar-refractivity contribution is 7.89. The van der Waals surface area contributed by atoms with Crippen molar-refractivity contribution in [3.05, 3.63) is 41.0 Å². The molecule has 1 fully saturated rings. The van der Waals surface area contributed by atoms with Crippen molar-refractivity contribution in [2.24, 2.45) is 0 Å². The summed E-state index contributed by atoms with van der Waals surface area (Å²) in [5, 5.41) is -0.542. The average molecular weight is 450 g/mol. The molecule has 2 aromatic rings. The molecule has 0 aliphatic carbocycles. The van der Waals surface area contributed by atoms with E-state index in [1.165, 1.54) is 0 Å². The van der Waals surface area contributed by atoms with Crippen LogP contribution in [0.15, 0.2) is 35.4 Å². The number of piperazine rings is 1. The van der Waals surface area contributed by atoms with Crippen LogP contribution in [-0.4, -0.2) is 63.0 Å². The Labute approximate surface area is 171 Å². The largest absolute Gasteiger partial charge is 0.417 e. The van der Waals surface area contributed by atoms with Gasteiger partial charge >= 0.3 is 6.18 Å². The number of hydrogen-bond acceptors (Lipinski definition) is 6. The number of halogens is 4. The number of anilines is 2. The van der Waals surface area contributed by atoms with Gasteiger partial charge in [0.1, 0.15) is 5.82 Å². The van der Waals surface area contributed by atoms with E-state index in [1.807, 2.05) is 23.9 Å². The molecule has 1 saturated heterocycles. The van der Waals surface area contributed by atoms with Gasteiger partial charge in [-0.1, -0.05) is 11.6 Å². The van der Waals surface area contributed by atoms with Crippen molar-refractivity contribution < 1.29 is 21.6 Å². The lowest BCUT2D eigenvalue weighted by molar-refractivity contribution is -0.137. The summed E-state index contributed by atoms with van der Waals surface area (Å²) in [6, 6.07) is 4.37. The second-order valence-corrected chi connectivity index (χ2v) is 8.98. The van der Waals surface area contributed by atoms with Crippen LogP contribution >= 0.6 is 11.6 Å². The van der Waals surface area contributed by atoms with Gasteiger partial charge in [-0.25, -0.2) is 13.4 Å². The Kier molecular flexibility index (Phi) is 5.93. The summed E-state index contributed by atoms with van der Waals surface area (Å²) < 4.78 is 66.0. The van der Waals surface area contributed by atoms with Crippen LogP contribution in [0, 0.1) is 0 Å². The SMILES string of the molecule is CN(C)c1ccnc(N2CCN(S(=O)(=O)c3ccc(Cl)c(C(F)(F)F)c3)CC2)n1. The molecule has 1 aromatic carbocycles. The van der Waals surface area contributed by atoms with Gasteiger partial charge in [0, 0.05) is 46.5 Å².